The highest BCUT2D eigenvalue weighted by Gasteiger charge is 2.08. The number of rotatable bonds is 6. The topological polar surface area (TPSA) is 48.2 Å². The Kier molecular flexibility index (Phi) is 6.32. The van der Waals surface area contributed by atoms with Gasteiger partial charge in [-0.2, -0.15) is 0 Å². The van der Waals surface area contributed by atoms with Crippen molar-refractivity contribution in [1.82, 2.24) is 5.32 Å². The van der Waals surface area contributed by atoms with Crippen LogP contribution in [0.15, 0.2) is 35.3 Å². The average Bonchev–Trinajstić information content (AvgIpc) is 2.36. The second kappa shape index (κ2) is 7.75. The van der Waals surface area contributed by atoms with Crippen molar-refractivity contribution in [2.24, 2.45) is 10.4 Å². The Morgan fingerprint density at radius 1 is 1.25 bits per heavy atom. The van der Waals surface area contributed by atoms with E-state index in [-0.39, 0.29) is 0 Å². The lowest BCUT2D eigenvalue weighted by atomic mass is 9.97. The van der Waals surface area contributed by atoms with E-state index in [1.165, 1.54) is 11.8 Å². The zero-order valence-electron chi connectivity index (χ0n) is 12.9. The predicted molar refractivity (Wildman–Crippen MR) is 88.4 cm³/mol. The Morgan fingerprint density at radius 3 is 2.65 bits per heavy atom. The Hall–Kier alpha value is -1.74. The monoisotopic (exact) mass is 271 g/mol. The van der Waals surface area contributed by atoms with E-state index >= 15 is 0 Å². The second-order valence-corrected chi connectivity index (χ2v) is 6.11. The van der Waals surface area contributed by atoms with Gasteiger partial charge in [0.05, 0.1) is 5.69 Å². The van der Waals surface area contributed by atoms with Crippen molar-refractivity contribution in [3.63, 3.8) is 0 Å². The summed E-state index contributed by atoms with van der Waals surface area (Å²) in [4.78, 5) is 4.42. The quantitative estimate of drug-likeness (QED) is 0.754. The van der Waals surface area contributed by atoms with Gasteiger partial charge in [0.2, 0.25) is 0 Å². The molecule has 0 fully saturated rings. The van der Waals surface area contributed by atoms with Gasteiger partial charge < -0.3 is 10.7 Å². The summed E-state index contributed by atoms with van der Waals surface area (Å²) in [5.74, 6) is 0. The molecule has 108 valence electrons. The third-order valence-electron chi connectivity index (χ3n) is 2.77. The molecule has 0 saturated carbocycles. The van der Waals surface area contributed by atoms with Gasteiger partial charge in [-0.25, -0.2) is 0 Å². The molecule has 1 aromatic carbocycles. The second-order valence-electron chi connectivity index (χ2n) is 6.11. The Bertz CT molecular complexity index is 493. The molecule has 0 aliphatic carbocycles. The number of aliphatic imine (C=N–C) groups is 1. The number of aryl methyl sites for hydroxylation is 1. The molecule has 0 bridgehead atoms. The van der Waals surface area contributed by atoms with Crippen LogP contribution in [0.4, 0.5) is 5.69 Å². The van der Waals surface area contributed by atoms with Gasteiger partial charge in [0.25, 0.3) is 0 Å². The van der Waals surface area contributed by atoms with Crippen molar-refractivity contribution >= 4 is 18.1 Å². The van der Waals surface area contributed by atoms with Crippen LogP contribution < -0.4 is 5.32 Å². The highest BCUT2D eigenvalue weighted by atomic mass is 14.9. The summed E-state index contributed by atoms with van der Waals surface area (Å²) < 4.78 is 0. The molecule has 0 aliphatic rings. The zero-order chi connectivity index (χ0) is 15.0. The summed E-state index contributed by atoms with van der Waals surface area (Å²) in [5, 5.41) is 10.4. The highest BCUT2D eigenvalue weighted by molar-refractivity contribution is 5.81. The molecule has 20 heavy (non-hydrogen) atoms. The van der Waals surface area contributed by atoms with E-state index in [0.717, 1.165) is 24.3 Å². The normalized spacial score (nSPS) is 12.4. The largest absolute Gasteiger partial charge is 0.312 e. The Morgan fingerprint density at radius 2 is 2.00 bits per heavy atom. The van der Waals surface area contributed by atoms with Crippen molar-refractivity contribution in [3.8, 4) is 0 Å². The van der Waals surface area contributed by atoms with Crippen molar-refractivity contribution in [3.05, 3.63) is 41.5 Å². The third kappa shape index (κ3) is 6.43. The van der Waals surface area contributed by atoms with Crippen LogP contribution in [0, 0.1) is 17.7 Å². The number of nitrogens with one attached hydrogen (secondary N) is 2. The van der Waals surface area contributed by atoms with Gasteiger partial charge in [-0.1, -0.05) is 32.9 Å². The van der Waals surface area contributed by atoms with Crippen LogP contribution in [-0.4, -0.2) is 19.0 Å². The van der Waals surface area contributed by atoms with Crippen LogP contribution in [0.5, 0.6) is 0 Å². The summed E-state index contributed by atoms with van der Waals surface area (Å²) in [6.45, 7) is 10.6. The lowest BCUT2D eigenvalue weighted by Gasteiger charge is -2.18. The molecule has 0 unspecified atom stereocenters. The lowest BCUT2D eigenvalue weighted by molar-refractivity contribution is 0.379. The van der Waals surface area contributed by atoms with Crippen molar-refractivity contribution in [1.29, 1.82) is 5.41 Å². The summed E-state index contributed by atoms with van der Waals surface area (Å²) in [6, 6.07) is 6.35. The van der Waals surface area contributed by atoms with Gasteiger partial charge in [-0.15, -0.1) is 0 Å². The smallest absolute Gasteiger partial charge is 0.0661 e. The number of allylic oxidation sites excluding steroid dienone is 2. The fourth-order valence-electron chi connectivity index (χ4n) is 1.71. The summed E-state index contributed by atoms with van der Waals surface area (Å²) in [5.41, 5.74) is 3.67. The molecule has 0 aliphatic heterocycles. The number of hydrogen-bond acceptors (Lipinski definition) is 3. The maximum absolute atomic E-state index is 6.91. The summed E-state index contributed by atoms with van der Waals surface area (Å²) in [6.07, 6.45) is 6.37. The van der Waals surface area contributed by atoms with E-state index in [1.807, 2.05) is 0 Å². The lowest BCUT2D eigenvalue weighted by Crippen LogP contribution is -2.26. The molecule has 0 radical (unpaired) electrons. The first-order chi connectivity index (χ1) is 9.42. The third-order valence-corrected chi connectivity index (χ3v) is 2.77. The summed E-state index contributed by atoms with van der Waals surface area (Å²) >= 11 is 0. The van der Waals surface area contributed by atoms with Gasteiger partial charge >= 0.3 is 0 Å². The van der Waals surface area contributed by atoms with Gasteiger partial charge in [0.1, 0.15) is 0 Å². The molecule has 1 aromatic rings. The molecule has 0 aromatic heterocycles. The molecule has 2 N–H and O–H groups in total. The van der Waals surface area contributed by atoms with Crippen LogP contribution in [-0.2, 0) is 6.54 Å². The van der Waals surface area contributed by atoms with E-state index in [2.05, 4.69) is 56.2 Å². The molecule has 0 amide bonds. The van der Waals surface area contributed by atoms with Gasteiger partial charge in [0, 0.05) is 25.5 Å². The van der Waals surface area contributed by atoms with Crippen molar-refractivity contribution in [2.75, 3.05) is 6.54 Å². The van der Waals surface area contributed by atoms with E-state index in [0.29, 0.717) is 5.41 Å². The molecule has 0 spiro atoms. The van der Waals surface area contributed by atoms with Crippen molar-refractivity contribution < 1.29 is 0 Å². The Labute approximate surface area is 122 Å². The van der Waals surface area contributed by atoms with Crippen LogP contribution in [0.2, 0.25) is 0 Å². The average molecular weight is 271 g/mol. The Balaban J connectivity index is 2.68. The van der Waals surface area contributed by atoms with E-state index in [9.17, 15) is 0 Å². The number of benzene rings is 1. The van der Waals surface area contributed by atoms with E-state index in [4.69, 9.17) is 5.41 Å². The van der Waals surface area contributed by atoms with Crippen LogP contribution in [0.3, 0.4) is 0 Å². The molecule has 3 nitrogen and oxygen atoms in total. The van der Waals surface area contributed by atoms with E-state index < -0.39 is 0 Å². The molecular formula is C17H25N3. The molecule has 1 rings (SSSR count). The predicted octanol–water partition coefficient (Wildman–Crippen LogP) is 4.04. The fourth-order valence-corrected chi connectivity index (χ4v) is 1.71. The maximum Gasteiger partial charge on any atom is 0.0661 e. The van der Waals surface area contributed by atoms with Crippen LogP contribution >= 0.6 is 0 Å². The molecule has 0 atom stereocenters. The number of nitrogens with zero attached hydrogens (tertiary/aromatic N) is 1. The first-order valence-corrected chi connectivity index (χ1v) is 6.92. The summed E-state index contributed by atoms with van der Waals surface area (Å²) in [7, 11) is 0. The molecule has 0 heterocycles. The highest BCUT2D eigenvalue weighted by Crippen LogP contribution is 2.20. The van der Waals surface area contributed by atoms with Crippen LogP contribution in [0.1, 0.15) is 31.9 Å². The minimum Gasteiger partial charge on any atom is -0.312 e. The van der Waals surface area contributed by atoms with Crippen LogP contribution in [0.25, 0.3) is 0 Å². The molecule has 3 heteroatoms. The molecule has 0 saturated heterocycles. The fraction of sp³-hybridized carbons (Fsp3) is 0.412. The van der Waals surface area contributed by atoms with Gasteiger partial charge in [-0.05, 0) is 41.7 Å². The number of hydrogen-bond donors (Lipinski definition) is 2. The molecular weight excluding hydrogens is 246 g/mol. The minimum atomic E-state index is 0.295. The minimum absolute atomic E-state index is 0.295. The van der Waals surface area contributed by atoms with Gasteiger partial charge in [-0.3, -0.25) is 4.99 Å². The van der Waals surface area contributed by atoms with Crippen molar-refractivity contribution in [2.45, 2.75) is 34.2 Å². The van der Waals surface area contributed by atoms with E-state index in [1.54, 1.807) is 18.4 Å². The zero-order valence-corrected chi connectivity index (χ0v) is 12.9. The standard InChI is InChI=1S/C17H25N3/c1-14-7-8-15(12-19-13-17(2,3)4)11-16(14)20-10-6-5-9-18/h5-11,18-19H,12-13H2,1-4H3/b6-5+,18-9?,20-10?. The van der Waals surface area contributed by atoms with Gasteiger partial charge in [0.15, 0.2) is 0 Å². The first kappa shape index (κ1) is 16.3. The first-order valence-electron chi connectivity index (χ1n) is 6.92. The SMILES string of the molecule is Cc1ccc(CNCC(C)(C)C)cc1N=C/C=C/C=N. The maximum atomic E-state index is 6.91.